The van der Waals surface area contributed by atoms with Crippen molar-refractivity contribution in [3.05, 3.63) is 34.3 Å². The molecule has 3 nitrogen and oxygen atoms in total. The molecule has 0 bridgehead atoms. The first-order chi connectivity index (χ1) is 10.2. The third kappa shape index (κ3) is 3.48. The molecule has 0 spiro atoms. The zero-order chi connectivity index (χ0) is 16.5. The minimum Gasteiger partial charge on any atom is -0.497 e. The molecule has 1 aliphatic rings. The van der Waals surface area contributed by atoms with Gasteiger partial charge in [0.1, 0.15) is 5.75 Å². The van der Waals surface area contributed by atoms with Crippen LogP contribution in [0.4, 0.5) is 0 Å². The highest BCUT2D eigenvalue weighted by atomic mass is 35.5. The summed E-state index contributed by atoms with van der Waals surface area (Å²) in [5.41, 5.74) is 1.09. The maximum atomic E-state index is 6.30. The lowest BCUT2D eigenvalue weighted by atomic mass is 9.78. The first-order valence-electron chi connectivity index (χ1n) is 7.20. The van der Waals surface area contributed by atoms with Gasteiger partial charge in [0.15, 0.2) is 0 Å². The number of methoxy groups -OCH3 is 1. The van der Waals surface area contributed by atoms with E-state index >= 15 is 0 Å². The zero-order valence-corrected chi connectivity index (χ0v) is 15.3. The summed E-state index contributed by atoms with van der Waals surface area (Å²) >= 11 is 10.7. The summed E-state index contributed by atoms with van der Waals surface area (Å²) in [7, 11) is 1.20. The number of rotatable bonds is 4. The van der Waals surface area contributed by atoms with Gasteiger partial charge in [-0.1, -0.05) is 17.7 Å². The fourth-order valence-electron chi connectivity index (χ4n) is 2.13. The highest BCUT2D eigenvalue weighted by Gasteiger charge is 2.52. The lowest BCUT2D eigenvalue weighted by Gasteiger charge is -2.32. The molecule has 2 rings (SSSR count). The van der Waals surface area contributed by atoms with Gasteiger partial charge in [-0.05, 0) is 56.9 Å². The predicted molar refractivity (Wildman–Crippen MR) is 95.9 cm³/mol. The molecule has 0 amide bonds. The van der Waals surface area contributed by atoms with Crippen molar-refractivity contribution in [1.82, 2.24) is 0 Å². The van der Waals surface area contributed by atoms with E-state index in [1.807, 2.05) is 45.9 Å². The molecule has 1 heterocycles. The maximum Gasteiger partial charge on any atom is 0.491 e. The number of benzene rings is 1. The molecular formula is C16H22BClO3S. The van der Waals surface area contributed by atoms with Crippen molar-refractivity contribution in [1.29, 1.82) is 0 Å². The van der Waals surface area contributed by atoms with E-state index in [2.05, 4.69) is 12.6 Å². The normalized spacial score (nSPS) is 20.3. The summed E-state index contributed by atoms with van der Waals surface area (Å²) in [6.45, 7) is 8.12. The van der Waals surface area contributed by atoms with E-state index in [9.17, 15) is 0 Å². The topological polar surface area (TPSA) is 27.7 Å². The van der Waals surface area contributed by atoms with Gasteiger partial charge < -0.3 is 14.0 Å². The molecule has 22 heavy (non-hydrogen) atoms. The molecular weight excluding hydrogens is 319 g/mol. The first kappa shape index (κ1) is 17.7. The number of hydrogen-bond acceptors (Lipinski definition) is 4. The maximum absolute atomic E-state index is 6.30. The second-order valence-electron chi connectivity index (χ2n) is 6.35. The fourth-order valence-corrected chi connectivity index (χ4v) is 2.60. The Hall–Kier alpha value is -0.615. The summed E-state index contributed by atoms with van der Waals surface area (Å²) < 4.78 is 17.3. The van der Waals surface area contributed by atoms with Crippen LogP contribution in [-0.2, 0) is 9.31 Å². The van der Waals surface area contributed by atoms with Crippen LogP contribution in [0.15, 0.2) is 23.7 Å². The predicted octanol–water partition coefficient (Wildman–Crippen LogP) is 4.29. The lowest BCUT2D eigenvalue weighted by molar-refractivity contribution is 0.00578. The van der Waals surface area contributed by atoms with Crippen LogP contribution in [-0.4, -0.2) is 31.2 Å². The highest BCUT2D eigenvalue weighted by molar-refractivity contribution is 7.80. The van der Waals surface area contributed by atoms with Crippen molar-refractivity contribution in [3.8, 4) is 5.75 Å². The molecule has 0 aliphatic carbocycles. The molecule has 1 aliphatic heterocycles. The van der Waals surface area contributed by atoms with Crippen molar-refractivity contribution in [3.63, 3.8) is 0 Å². The van der Waals surface area contributed by atoms with Crippen LogP contribution in [0.25, 0.3) is 6.08 Å². The van der Waals surface area contributed by atoms with Crippen LogP contribution in [0, 0.1) is 0 Å². The number of thiol groups is 1. The lowest BCUT2D eigenvalue weighted by Crippen LogP contribution is -2.41. The number of hydrogen-bond donors (Lipinski definition) is 1. The molecule has 1 aromatic carbocycles. The Morgan fingerprint density at radius 1 is 1.27 bits per heavy atom. The average Bonchev–Trinajstić information content (AvgIpc) is 2.65. The van der Waals surface area contributed by atoms with Crippen molar-refractivity contribution in [2.24, 2.45) is 0 Å². The minimum atomic E-state index is -0.416. The Morgan fingerprint density at radius 2 is 1.86 bits per heavy atom. The second kappa shape index (κ2) is 6.48. The Labute approximate surface area is 143 Å². The van der Waals surface area contributed by atoms with E-state index in [-0.39, 0.29) is 11.2 Å². The average molecular weight is 341 g/mol. The van der Waals surface area contributed by atoms with Gasteiger partial charge in [-0.3, -0.25) is 0 Å². The first-order valence-corrected chi connectivity index (χ1v) is 8.22. The third-order valence-corrected chi connectivity index (χ3v) is 4.98. The van der Waals surface area contributed by atoms with E-state index in [1.54, 1.807) is 13.2 Å². The van der Waals surface area contributed by atoms with Crippen molar-refractivity contribution in [2.75, 3.05) is 12.9 Å². The van der Waals surface area contributed by atoms with Crippen LogP contribution < -0.4 is 4.74 Å². The Kier molecular flexibility index (Phi) is 5.22. The van der Waals surface area contributed by atoms with Gasteiger partial charge in [-0.15, -0.1) is 0 Å². The van der Waals surface area contributed by atoms with Crippen LogP contribution in [0.3, 0.4) is 0 Å². The van der Waals surface area contributed by atoms with E-state index in [1.165, 1.54) is 0 Å². The van der Waals surface area contributed by atoms with Gasteiger partial charge in [0.25, 0.3) is 0 Å². The third-order valence-electron chi connectivity index (χ3n) is 4.29. The molecule has 1 saturated heterocycles. The summed E-state index contributed by atoms with van der Waals surface area (Å²) in [6.07, 6.45) is 1.97. The quantitative estimate of drug-likeness (QED) is 0.654. The van der Waals surface area contributed by atoms with E-state index < -0.39 is 7.12 Å². The number of ether oxygens (including phenoxy) is 1. The molecule has 0 saturated carbocycles. The van der Waals surface area contributed by atoms with Crippen LogP contribution in [0.2, 0.25) is 5.02 Å². The second-order valence-corrected chi connectivity index (χ2v) is 7.08. The van der Waals surface area contributed by atoms with Crippen molar-refractivity contribution < 1.29 is 14.0 Å². The van der Waals surface area contributed by atoms with Gasteiger partial charge in [0.05, 0.1) is 23.3 Å². The molecule has 0 atom stereocenters. The van der Waals surface area contributed by atoms with Gasteiger partial charge >= 0.3 is 7.12 Å². The Morgan fingerprint density at radius 3 is 2.32 bits per heavy atom. The zero-order valence-electron chi connectivity index (χ0n) is 13.6. The monoisotopic (exact) mass is 340 g/mol. The van der Waals surface area contributed by atoms with Gasteiger partial charge in [-0.25, -0.2) is 0 Å². The van der Waals surface area contributed by atoms with Gasteiger partial charge in [0.2, 0.25) is 0 Å². The highest BCUT2D eigenvalue weighted by Crippen LogP contribution is 2.39. The number of halogens is 1. The molecule has 120 valence electrons. The van der Waals surface area contributed by atoms with Crippen LogP contribution >= 0.6 is 24.2 Å². The Bertz CT molecular complexity index is 571. The summed E-state index contributed by atoms with van der Waals surface area (Å²) in [5, 5.41) is 0.621. The molecule has 1 fully saturated rings. The minimum absolute atomic E-state index is 0.372. The van der Waals surface area contributed by atoms with E-state index in [0.717, 1.165) is 16.8 Å². The van der Waals surface area contributed by atoms with E-state index in [4.69, 9.17) is 25.6 Å². The smallest absolute Gasteiger partial charge is 0.491 e. The van der Waals surface area contributed by atoms with Gasteiger partial charge in [-0.2, -0.15) is 12.6 Å². The molecule has 0 aromatic heterocycles. The fraction of sp³-hybridized carbons (Fsp3) is 0.500. The van der Waals surface area contributed by atoms with Crippen molar-refractivity contribution in [2.45, 2.75) is 38.9 Å². The SMILES string of the molecule is COc1ccc(C=C(CS)B2OC(C)(C)C(C)(C)O2)c(Cl)c1. The molecule has 1 aromatic rings. The standard InChI is InChI=1S/C16H22BClO3S/c1-15(2)16(3,4)21-17(20-15)12(10-22)8-11-6-7-13(19-5)9-14(11)18/h6-9,22H,10H2,1-5H3. The van der Waals surface area contributed by atoms with E-state index in [0.29, 0.717) is 10.8 Å². The summed E-state index contributed by atoms with van der Waals surface area (Å²) in [4.78, 5) is 0. The van der Waals surface area contributed by atoms with Gasteiger partial charge in [0, 0.05) is 5.75 Å². The molecule has 6 heteroatoms. The van der Waals surface area contributed by atoms with Crippen LogP contribution in [0.5, 0.6) is 5.75 Å². The largest absolute Gasteiger partial charge is 0.497 e. The summed E-state index contributed by atoms with van der Waals surface area (Å²) in [6, 6.07) is 5.57. The molecule has 0 unspecified atom stereocenters. The molecule has 0 radical (unpaired) electrons. The Balaban J connectivity index is 2.29. The van der Waals surface area contributed by atoms with Crippen LogP contribution in [0.1, 0.15) is 33.3 Å². The molecule has 0 N–H and O–H groups in total. The van der Waals surface area contributed by atoms with Crippen molar-refractivity contribution >= 4 is 37.4 Å². The summed E-state index contributed by atoms with van der Waals surface area (Å²) in [5.74, 6) is 1.25.